The Bertz CT molecular complexity index is 516. The fourth-order valence-corrected chi connectivity index (χ4v) is 2.83. The van der Waals surface area contributed by atoms with Gasteiger partial charge in [-0.25, -0.2) is 0 Å². The first-order valence-electron chi connectivity index (χ1n) is 7.31. The summed E-state index contributed by atoms with van der Waals surface area (Å²) in [7, 11) is 1.61. The number of carbonyl (C=O) groups excluding carboxylic acids is 2. The van der Waals surface area contributed by atoms with Gasteiger partial charge in [0.1, 0.15) is 5.75 Å². The SMILES string of the molecule is COc1cccc(CC(=O)N2CCCC[C@H]2CC(N)=O)c1. The largest absolute Gasteiger partial charge is 0.497 e. The standard InChI is InChI=1S/C16H22N2O3/c1-21-14-7-4-5-12(9-14)10-16(20)18-8-3-2-6-13(18)11-15(17)19/h4-5,7,9,13H,2-3,6,8,10-11H2,1H3,(H2,17,19)/t13-/m0/s1. The molecule has 0 unspecified atom stereocenters. The van der Waals surface area contributed by atoms with Crippen molar-refractivity contribution >= 4 is 11.8 Å². The minimum absolute atomic E-state index is 0.0469. The minimum Gasteiger partial charge on any atom is -0.497 e. The molecule has 0 aromatic heterocycles. The van der Waals surface area contributed by atoms with Gasteiger partial charge < -0.3 is 15.4 Å². The van der Waals surface area contributed by atoms with Crippen LogP contribution in [0.5, 0.6) is 5.75 Å². The van der Waals surface area contributed by atoms with E-state index in [1.165, 1.54) is 0 Å². The molecule has 114 valence electrons. The number of rotatable bonds is 5. The number of nitrogens with two attached hydrogens (primary N) is 1. The lowest BCUT2D eigenvalue weighted by Crippen LogP contribution is -2.46. The number of hydrogen-bond acceptors (Lipinski definition) is 3. The van der Waals surface area contributed by atoms with Crippen LogP contribution in [0.15, 0.2) is 24.3 Å². The zero-order valence-corrected chi connectivity index (χ0v) is 12.4. The van der Waals surface area contributed by atoms with Crippen molar-refractivity contribution in [2.45, 2.75) is 38.1 Å². The molecule has 5 heteroatoms. The van der Waals surface area contributed by atoms with Crippen molar-refractivity contribution in [1.29, 1.82) is 0 Å². The van der Waals surface area contributed by atoms with Crippen molar-refractivity contribution in [3.63, 3.8) is 0 Å². The molecule has 1 heterocycles. The van der Waals surface area contributed by atoms with Crippen molar-refractivity contribution in [2.24, 2.45) is 5.73 Å². The number of likely N-dealkylation sites (tertiary alicyclic amines) is 1. The van der Waals surface area contributed by atoms with E-state index in [9.17, 15) is 9.59 Å². The lowest BCUT2D eigenvalue weighted by atomic mass is 9.98. The second-order valence-corrected chi connectivity index (χ2v) is 5.44. The van der Waals surface area contributed by atoms with Gasteiger partial charge in [0, 0.05) is 19.0 Å². The van der Waals surface area contributed by atoms with Gasteiger partial charge in [-0.1, -0.05) is 12.1 Å². The molecule has 0 bridgehead atoms. The normalized spacial score (nSPS) is 18.3. The molecular formula is C16H22N2O3. The third-order valence-corrected chi connectivity index (χ3v) is 3.87. The predicted octanol–water partition coefficient (Wildman–Crippen LogP) is 1.49. The molecule has 0 saturated carbocycles. The van der Waals surface area contributed by atoms with Crippen molar-refractivity contribution in [3.05, 3.63) is 29.8 Å². The van der Waals surface area contributed by atoms with Crippen LogP contribution < -0.4 is 10.5 Å². The van der Waals surface area contributed by atoms with Gasteiger partial charge in [-0.15, -0.1) is 0 Å². The Hall–Kier alpha value is -2.04. The van der Waals surface area contributed by atoms with E-state index in [0.29, 0.717) is 13.0 Å². The highest BCUT2D eigenvalue weighted by Gasteiger charge is 2.27. The fraction of sp³-hybridized carbons (Fsp3) is 0.500. The van der Waals surface area contributed by atoms with E-state index < -0.39 is 0 Å². The van der Waals surface area contributed by atoms with Gasteiger partial charge in [0.05, 0.1) is 13.5 Å². The van der Waals surface area contributed by atoms with Gasteiger partial charge in [-0.2, -0.15) is 0 Å². The lowest BCUT2D eigenvalue weighted by molar-refractivity contribution is -0.135. The number of benzene rings is 1. The summed E-state index contributed by atoms with van der Waals surface area (Å²) < 4.78 is 5.17. The van der Waals surface area contributed by atoms with Crippen LogP contribution in [0.2, 0.25) is 0 Å². The Morgan fingerprint density at radius 1 is 1.38 bits per heavy atom. The van der Waals surface area contributed by atoms with Crippen molar-refractivity contribution in [1.82, 2.24) is 4.90 Å². The first-order valence-corrected chi connectivity index (χ1v) is 7.31. The summed E-state index contributed by atoms with van der Waals surface area (Å²) in [5, 5.41) is 0. The van der Waals surface area contributed by atoms with Crippen LogP contribution in [0.4, 0.5) is 0 Å². The molecule has 2 rings (SSSR count). The molecule has 1 atom stereocenters. The lowest BCUT2D eigenvalue weighted by Gasteiger charge is -2.35. The number of amides is 2. The number of nitrogens with zero attached hydrogens (tertiary/aromatic N) is 1. The van der Waals surface area contributed by atoms with Gasteiger partial charge in [-0.05, 0) is 37.0 Å². The number of piperidine rings is 1. The predicted molar refractivity (Wildman–Crippen MR) is 79.9 cm³/mol. The van der Waals surface area contributed by atoms with Crippen LogP contribution >= 0.6 is 0 Å². The Labute approximate surface area is 125 Å². The average Bonchev–Trinajstić information content (AvgIpc) is 2.47. The molecule has 1 saturated heterocycles. The van der Waals surface area contributed by atoms with Crippen molar-refractivity contribution < 1.29 is 14.3 Å². The molecule has 1 fully saturated rings. The van der Waals surface area contributed by atoms with E-state index in [1.54, 1.807) is 7.11 Å². The van der Waals surface area contributed by atoms with E-state index >= 15 is 0 Å². The Morgan fingerprint density at radius 2 is 2.19 bits per heavy atom. The van der Waals surface area contributed by atoms with Gasteiger partial charge in [-0.3, -0.25) is 9.59 Å². The zero-order valence-electron chi connectivity index (χ0n) is 12.4. The summed E-state index contributed by atoms with van der Waals surface area (Å²) in [4.78, 5) is 25.5. The number of carbonyl (C=O) groups is 2. The molecule has 5 nitrogen and oxygen atoms in total. The second-order valence-electron chi connectivity index (χ2n) is 5.44. The molecule has 0 spiro atoms. The maximum absolute atomic E-state index is 12.5. The highest BCUT2D eigenvalue weighted by Crippen LogP contribution is 2.21. The molecule has 1 aromatic rings. The second kappa shape index (κ2) is 7.11. The third kappa shape index (κ3) is 4.21. The summed E-state index contributed by atoms with van der Waals surface area (Å²) in [6, 6.07) is 7.45. The number of methoxy groups -OCH3 is 1. The highest BCUT2D eigenvalue weighted by atomic mass is 16.5. The van der Waals surface area contributed by atoms with Gasteiger partial charge in [0.15, 0.2) is 0 Å². The molecule has 0 radical (unpaired) electrons. The highest BCUT2D eigenvalue weighted by molar-refractivity contribution is 5.81. The van der Waals surface area contributed by atoms with Gasteiger partial charge in [0.2, 0.25) is 11.8 Å². The van der Waals surface area contributed by atoms with E-state index in [4.69, 9.17) is 10.5 Å². The van der Waals surface area contributed by atoms with E-state index in [-0.39, 0.29) is 24.3 Å². The zero-order chi connectivity index (χ0) is 15.2. The van der Waals surface area contributed by atoms with Crippen LogP contribution in [0, 0.1) is 0 Å². The molecule has 2 amide bonds. The average molecular weight is 290 g/mol. The van der Waals surface area contributed by atoms with E-state index in [1.807, 2.05) is 29.2 Å². The summed E-state index contributed by atoms with van der Waals surface area (Å²) in [6.07, 6.45) is 3.46. The Kier molecular flexibility index (Phi) is 5.20. The van der Waals surface area contributed by atoms with Crippen molar-refractivity contribution in [2.75, 3.05) is 13.7 Å². The topological polar surface area (TPSA) is 72.6 Å². The van der Waals surface area contributed by atoms with Crippen LogP contribution in [-0.2, 0) is 16.0 Å². The number of primary amides is 1. The van der Waals surface area contributed by atoms with Crippen LogP contribution in [0.3, 0.4) is 0 Å². The van der Waals surface area contributed by atoms with E-state index in [2.05, 4.69) is 0 Å². The molecule has 1 aliphatic heterocycles. The summed E-state index contributed by atoms with van der Waals surface area (Å²) >= 11 is 0. The maximum Gasteiger partial charge on any atom is 0.227 e. The summed E-state index contributed by atoms with van der Waals surface area (Å²) in [5.41, 5.74) is 6.20. The van der Waals surface area contributed by atoms with E-state index in [0.717, 1.165) is 30.6 Å². The summed E-state index contributed by atoms with van der Waals surface area (Å²) in [6.45, 7) is 0.709. The molecule has 0 aliphatic carbocycles. The maximum atomic E-state index is 12.5. The van der Waals surface area contributed by atoms with Crippen LogP contribution in [0.1, 0.15) is 31.2 Å². The van der Waals surface area contributed by atoms with Crippen LogP contribution in [0.25, 0.3) is 0 Å². The van der Waals surface area contributed by atoms with Crippen LogP contribution in [-0.4, -0.2) is 36.4 Å². The number of hydrogen-bond donors (Lipinski definition) is 1. The third-order valence-electron chi connectivity index (χ3n) is 3.87. The van der Waals surface area contributed by atoms with Gasteiger partial charge in [0.25, 0.3) is 0 Å². The first kappa shape index (κ1) is 15.4. The minimum atomic E-state index is -0.346. The van der Waals surface area contributed by atoms with Gasteiger partial charge >= 0.3 is 0 Å². The molecule has 21 heavy (non-hydrogen) atoms. The fourth-order valence-electron chi connectivity index (χ4n) is 2.83. The Balaban J connectivity index is 2.04. The monoisotopic (exact) mass is 290 g/mol. The number of ether oxygens (including phenoxy) is 1. The Morgan fingerprint density at radius 3 is 2.90 bits per heavy atom. The molecule has 1 aromatic carbocycles. The molecule has 1 aliphatic rings. The summed E-state index contributed by atoms with van der Waals surface area (Å²) in [5.74, 6) is 0.447. The van der Waals surface area contributed by atoms with Crippen molar-refractivity contribution in [3.8, 4) is 5.75 Å². The first-order chi connectivity index (χ1) is 10.1. The smallest absolute Gasteiger partial charge is 0.227 e. The quantitative estimate of drug-likeness (QED) is 0.893. The molecular weight excluding hydrogens is 268 g/mol. The molecule has 2 N–H and O–H groups in total.